The molecule has 0 N–H and O–H groups in total. The number of benzene rings is 1. The SMILES string of the molecule is CCCOc1ccc(C(=O)C=C(CC)CC)cc1. The number of allylic oxidation sites excluding steroid dienone is 2. The van der Waals surface area contributed by atoms with Crippen molar-refractivity contribution >= 4 is 5.78 Å². The fraction of sp³-hybridized carbons (Fsp3) is 0.438. The molecule has 18 heavy (non-hydrogen) atoms. The third-order valence-electron chi connectivity index (χ3n) is 2.86. The predicted octanol–water partition coefficient (Wildman–Crippen LogP) is 4.40. The van der Waals surface area contributed by atoms with Crippen molar-refractivity contribution in [1.82, 2.24) is 0 Å². The molecule has 1 aromatic carbocycles. The molecule has 0 fully saturated rings. The molecule has 98 valence electrons. The summed E-state index contributed by atoms with van der Waals surface area (Å²) in [7, 11) is 0. The van der Waals surface area contributed by atoms with Gasteiger partial charge in [-0.05, 0) is 49.6 Å². The maximum Gasteiger partial charge on any atom is 0.185 e. The van der Waals surface area contributed by atoms with E-state index in [0.717, 1.165) is 30.6 Å². The van der Waals surface area contributed by atoms with Crippen LogP contribution in [0.5, 0.6) is 5.75 Å². The fourth-order valence-corrected chi connectivity index (χ4v) is 1.66. The second-order valence-corrected chi connectivity index (χ2v) is 4.25. The van der Waals surface area contributed by atoms with Crippen molar-refractivity contribution in [2.75, 3.05) is 6.61 Å². The van der Waals surface area contributed by atoms with Crippen LogP contribution in [0.4, 0.5) is 0 Å². The highest BCUT2D eigenvalue weighted by Crippen LogP contribution is 2.15. The zero-order valence-electron chi connectivity index (χ0n) is 11.5. The monoisotopic (exact) mass is 246 g/mol. The average molecular weight is 246 g/mol. The minimum atomic E-state index is 0.0794. The minimum Gasteiger partial charge on any atom is -0.494 e. The molecule has 0 saturated carbocycles. The normalized spacial score (nSPS) is 9.94. The number of hydrogen-bond acceptors (Lipinski definition) is 2. The van der Waals surface area contributed by atoms with Crippen molar-refractivity contribution in [1.29, 1.82) is 0 Å². The summed E-state index contributed by atoms with van der Waals surface area (Å²) in [5.74, 6) is 0.902. The molecule has 2 heteroatoms. The van der Waals surface area contributed by atoms with Crippen LogP contribution in [0, 0.1) is 0 Å². The summed E-state index contributed by atoms with van der Waals surface area (Å²) < 4.78 is 5.49. The van der Waals surface area contributed by atoms with Crippen molar-refractivity contribution in [3.05, 3.63) is 41.5 Å². The fourth-order valence-electron chi connectivity index (χ4n) is 1.66. The second kappa shape index (κ2) is 7.70. The van der Waals surface area contributed by atoms with Crippen LogP contribution < -0.4 is 4.74 Å². The highest BCUT2D eigenvalue weighted by atomic mass is 16.5. The van der Waals surface area contributed by atoms with E-state index in [2.05, 4.69) is 20.8 Å². The Bertz CT molecular complexity index is 396. The van der Waals surface area contributed by atoms with Gasteiger partial charge in [0.05, 0.1) is 6.61 Å². The smallest absolute Gasteiger partial charge is 0.185 e. The Morgan fingerprint density at radius 2 is 1.72 bits per heavy atom. The molecule has 0 heterocycles. The number of carbonyl (C=O) groups excluding carboxylic acids is 1. The third-order valence-corrected chi connectivity index (χ3v) is 2.86. The maximum atomic E-state index is 12.0. The number of carbonyl (C=O) groups is 1. The molecule has 0 aliphatic rings. The number of hydrogen-bond donors (Lipinski definition) is 0. The van der Waals surface area contributed by atoms with Crippen molar-refractivity contribution in [3.8, 4) is 5.75 Å². The van der Waals surface area contributed by atoms with Gasteiger partial charge in [0.25, 0.3) is 0 Å². The van der Waals surface area contributed by atoms with Gasteiger partial charge in [0.2, 0.25) is 0 Å². The van der Waals surface area contributed by atoms with E-state index in [9.17, 15) is 4.79 Å². The summed E-state index contributed by atoms with van der Waals surface area (Å²) in [4.78, 5) is 12.0. The Balaban J connectivity index is 2.72. The first-order valence-corrected chi connectivity index (χ1v) is 6.67. The first-order valence-electron chi connectivity index (χ1n) is 6.67. The Morgan fingerprint density at radius 3 is 2.22 bits per heavy atom. The largest absolute Gasteiger partial charge is 0.494 e. The Hall–Kier alpha value is -1.57. The van der Waals surface area contributed by atoms with Gasteiger partial charge in [0.15, 0.2) is 5.78 Å². The lowest BCUT2D eigenvalue weighted by Gasteiger charge is -2.05. The Morgan fingerprint density at radius 1 is 1.11 bits per heavy atom. The molecule has 0 aliphatic heterocycles. The van der Waals surface area contributed by atoms with Gasteiger partial charge >= 0.3 is 0 Å². The third kappa shape index (κ3) is 4.36. The van der Waals surface area contributed by atoms with Gasteiger partial charge in [0, 0.05) is 5.56 Å². The molecule has 0 amide bonds. The molecule has 0 aliphatic carbocycles. The van der Waals surface area contributed by atoms with Crippen molar-refractivity contribution in [2.45, 2.75) is 40.0 Å². The molecule has 0 atom stereocenters. The minimum absolute atomic E-state index is 0.0794. The lowest BCUT2D eigenvalue weighted by Crippen LogP contribution is -1.98. The molecule has 0 unspecified atom stereocenters. The van der Waals surface area contributed by atoms with E-state index in [1.807, 2.05) is 24.3 Å². The van der Waals surface area contributed by atoms with Gasteiger partial charge in [0.1, 0.15) is 5.75 Å². The van der Waals surface area contributed by atoms with E-state index in [1.165, 1.54) is 5.57 Å². The van der Waals surface area contributed by atoms with E-state index >= 15 is 0 Å². The Labute approximate surface area is 110 Å². The van der Waals surface area contributed by atoms with Gasteiger partial charge in [-0.3, -0.25) is 4.79 Å². The van der Waals surface area contributed by atoms with E-state index in [1.54, 1.807) is 6.08 Å². The van der Waals surface area contributed by atoms with Crippen LogP contribution in [0.1, 0.15) is 50.4 Å². The standard InChI is InChI=1S/C16H22O2/c1-4-11-18-15-9-7-14(8-10-15)16(17)12-13(5-2)6-3/h7-10,12H,4-6,11H2,1-3H3. The number of ketones is 1. The lowest BCUT2D eigenvalue weighted by molar-refractivity contribution is 0.104. The van der Waals surface area contributed by atoms with Crippen molar-refractivity contribution < 1.29 is 9.53 Å². The van der Waals surface area contributed by atoms with Crippen LogP contribution in [0.15, 0.2) is 35.9 Å². The molecule has 1 aromatic rings. The summed E-state index contributed by atoms with van der Waals surface area (Å²) in [5.41, 5.74) is 1.91. The molecule has 0 spiro atoms. The topological polar surface area (TPSA) is 26.3 Å². The molecule has 1 rings (SSSR count). The van der Waals surface area contributed by atoms with Crippen LogP contribution in [-0.2, 0) is 0 Å². The summed E-state index contributed by atoms with van der Waals surface area (Å²) in [6.45, 7) is 6.93. The van der Waals surface area contributed by atoms with Gasteiger partial charge in [-0.15, -0.1) is 0 Å². The molecular weight excluding hydrogens is 224 g/mol. The van der Waals surface area contributed by atoms with Crippen molar-refractivity contribution in [3.63, 3.8) is 0 Å². The summed E-state index contributed by atoms with van der Waals surface area (Å²) in [6, 6.07) is 7.36. The average Bonchev–Trinajstić information content (AvgIpc) is 2.42. The predicted molar refractivity (Wildman–Crippen MR) is 75.2 cm³/mol. The van der Waals surface area contributed by atoms with Gasteiger partial charge < -0.3 is 4.74 Å². The molecule has 0 bridgehead atoms. The van der Waals surface area contributed by atoms with E-state index in [-0.39, 0.29) is 5.78 Å². The molecule has 0 saturated heterocycles. The zero-order valence-corrected chi connectivity index (χ0v) is 11.5. The van der Waals surface area contributed by atoms with Crippen LogP contribution in [-0.4, -0.2) is 12.4 Å². The van der Waals surface area contributed by atoms with Crippen molar-refractivity contribution in [2.24, 2.45) is 0 Å². The second-order valence-electron chi connectivity index (χ2n) is 4.25. The summed E-state index contributed by atoms with van der Waals surface area (Å²) in [6.07, 6.45) is 4.60. The zero-order chi connectivity index (χ0) is 13.4. The van der Waals surface area contributed by atoms with E-state index in [4.69, 9.17) is 4.74 Å². The maximum absolute atomic E-state index is 12.0. The summed E-state index contributed by atoms with van der Waals surface area (Å²) in [5, 5.41) is 0. The lowest BCUT2D eigenvalue weighted by atomic mass is 10.0. The Kier molecular flexibility index (Phi) is 6.20. The van der Waals surface area contributed by atoms with Crippen LogP contribution in [0.3, 0.4) is 0 Å². The summed E-state index contributed by atoms with van der Waals surface area (Å²) >= 11 is 0. The molecule has 2 nitrogen and oxygen atoms in total. The van der Waals surface area contributed by atoms with Crippen LogP contribution in [0.2, 0.25) is 0 Å². The van der Waals surface area contributed by atoms with Gasteiger partial charge in [-0.25, -0.2) is 0 Å². The molecule has 0 aromatic heterocycles. The van der Waals surface area contributed by atoms with Gasteiger partial charge in [-0.2, -0.15) is 0 Å². The molecular formula is C16H22O2. The van der Waals surface area contributed by atoms with Crippen LogP contribution >= 0.6 is 0 Å². The van der Waals surface area contributed by atoms with E-state index in [0.29, 0.717) is 6.61 Å². The van der Waals surface area contributed by atoms with E-state index < -0.39 is 0 Å². The number of ether oxygens (including phenoxy) is 1. The van der Waals surface area contributed by atoms with Gasteiger partial charge in [-0.1, -0.05) is 26.3 Å². The first-order chi connectivity index (χ1) is 8.71. The van der Waals surface area contributed by atoms with Crippen LogP contribution in [0.25, 0.3) is 0 Å². The molecule has 0 radical (unpaired) electrons. The highest BCUT2D eigenvalue weighted by Gasteiger charge is 2.04. The first kappa shape index (κ1) is 14.5. The number of rotatable bonds is 7. The highest BCUT2D eigenvalue weighted by molar-refractivity contribution is 6.04. The quantitative estimate of drug-likeness (QED) is 0.526.